The Morgan fingerprint density at radius 3 is 2.62 bits per heavy atom. The van der Waals surface area contributed by atoms with Crippen LogP contribution in [0.4, 0.5) is 10.2 Å². The van der Waals surface area contributed by atoms with Crippen LogP contribution in [-0.4, -0.2) is 63.2 Å². The third kappa shape index (κ3) is 4.73. The first-order valence-electron chi connectivity index (χ1n) is 11.3. The lowest BCUT2D eigenvalue weighted by atomic mass is 9.97. The van der Waals surface area contributed by atoms with Gasteiger partial charge in [-0.05, 0) is 37.1 Å². The summed E-state index contributed by atoms with van der Waals surface area (Å²) in [5.74, 6) is -0.577. The molecule has 1 aliphatic rings. The molecule has 3 heterocycles. The van der Waals surface area contributed by atoms with Gasteiger partial charge >= 0.3 is 0 Å². The van der Waals surface area contributed by atoms with Gasteiger partial charge in [-0.1, -0.05) is 13.0 Å². The topological polar surface area (TPSA) is 105 Å². The van der Waals surface area contributed by atoms with Crippen molar-refractivity contribution >= 4 is 17.6 Å². The largest absolute Gasteiger partial charge is 0.384 e. The number of amides is 2. The van der Waals surface area contributed by atoms with Gasteiger partial charge in [0.25, 0.3) is 5.91 Å². The third-order valence-electron chi connectivity index (χ3n) is 6.03. The fourth-order valence-electron chi connectivity index (χ4n) is 4.12. The number of likely N-dealkylation sites (tertiary alicyclic amines) is 1. The highest BCUT2D eigenvalue weighted by Gasteiger charge is 2.23. The second kappa shape index (κ2) is 9.94. The van der Waals surface area contributed by atoms with E-state index in [9.17, 15) is 9.59 Å². The van der Waals surface area contributed by atoms with Crippen LogP contribution in [0, 0.1) is 5.82 Å². The predicted octanol–water partition coefficient (Wildman–Crippen LogP) is 3.18. The summed E-state index contributed by atoms with van der Waals surface area (Å²) < 4.78 is 15.1. The van der Waals surface area contributed by atoms with E-state index in [1.165, 1.54) is 23.4 Å². The maximum atomic E-state index is 15.1. The number of rotatable bonds is 7. The number of nitrogens with two attached hydrogens (primary N) is 1. The quantitative estimate of drug-likeness (QED) is 0.578. The molecule has 1 saturated heterocycles. The summed E-state index contributed by atoms with van der Waals surface area (Å²) in [5, 5.41) is 0. The van der Waals surface area contributed by atoms with Gasteiger partial charge in [-0.15, -0.1) is 0 Å². The zero-order chi connectivity index (χ0) is 24.2. The number of anilines is 1. The summed E-state index contributed by atoms with van der Waals surface area (Å²) in [6.45, 7) is 3.47. The summed E-state index contributed by atoms with van der Waals surface area (Å²) in [6.07, 6.45) is 5.13. The van der Waals surface area contributed by atoms with E-state index in [1.54, 1.807) is 30.3 Å². The van der Waals surface area contributed by atoms with Crippen LogP contribution in [-0.2, 0) is 11.2 Å². The molecule has 8 nitrogen and oxygen atoms in total. The maximum absolute atomic E-state index is 15.1. The van der Waals surface area contributed by atoms with Gasteiger partial charge in [0.05, 0.1) is 17.0 Å². The molecule has 9 heteroatoms. The Kier molecular flexibility index (Phi) is 6.81. The van der Waals surface area contributed by atoms with Gasteiger partial charge in [-0.25, -0.2) is 19.3 Å². The number of hydrogen-bond acceptors (Lipinski definition) is 6. The third-order valence-corrected chi connectivity index (χ3v) is 6.03. The Balaban J connectivity index is 1.60. The van der Waals surface area contributed by atoms with E-state index in [0.717, 1.165) is 23.2 Å². The van der Waals surface area contributed by atoms with E-state index in [0.29, 0.717) is 49.6 Å². The van der Waals surface area contributed by atoms with Gasteiger partial charge in [-0.3, -0.25) is 9.59 Å². The Labute approximate surface area is 197 Å². The Hall–Kier alpha value is -3.88. The van der Waals surface area contributed by atoms with Gasteiger partial charge < -0.3 is 15.5 Å². The van der Waals surface area contributed by atoms with Gasteiger partial charge in [-0.2, -0.15) is 0 Å². The smallest absolute Gasteiger partial charge is 0.256 e. The first-order valence-corrected chi connectivity index (χ1v) is 11.3. The molecular formula is C25H27FN6O2. The molecule has 2 aromatic heterocycles. The molecule has 3 aromatic rings. The van der Waals surface area contributed by atoms with Crippen molar-refractivity contribution in [2.24, 2.45) is 0 Å². The minimum atomic E-state index is -0.635. The van der Waals surface area contributed by atoms with Crippen LogP contribution < -0.4 is 5.73 Å². The van der Waals surface area contributed by atoms with Crippen LogP contribution in [0.25, 0.3) is 22.4 Å². The second-order valence-electron chi connectivity index (χ2n) is 8.27. The molecule has 176 valence electrons. The number of likely N-dealkylation sites (N-methyl/N-ethyl adjacent to an activating group) is 1. The average molecular weight is 463 g/mol. The van der Waals surface area contributed by atoms with E-state index in [2.05, 4.69) is 15.0 Å². The number of carbonyl (C=O) groups excluding carboxylic acids is 2. The highest BCUT2D eigenvalue weighted by molar-refractivity contribution is 5.95. The second-order valence-corrected chi connectivity index (χ2v) is 8.27. The van der Waals surface area contributed by atoms with Crippen molar-refractivity contribution in [3.63, 3.8) is 0 Å². The fraction of sp³-hybridized carbons (Fsp3) is 0.320. The summed E-state index contributed by atoms with van der Waals surface area (Å²) in [7, 11) is 1.61. The fourth-order valence-corrected chi connectivity index (χ4v) is 4.12. The molecule has 0 spiro atoms. The lowest BCUT2D eigenvalue weighted by Gasteiger charge is -2.22. The van der Waals surface area contributed by atoms with E-state index >= 15 is 4.39 Å². The number of nitrogens with zero attached hydrogens (tertiary/aromatic N) is 5. The van der Waals surface area contributed by atoms with E-state index in [1.807, 2.05) is 13.0 Å². The Bertz CT molecular complexity index is 1210. The SMILES string of the molecule is CCc1ncnc(-c2ccc(C(=O)N(C)CCN3CCCC3=O)c(F)c2)c1-c1ccc(N)nc1. The number of carbonyl (C=O) groups is 2. The zero-order valence-corrected chi connectivity index (χ0v) is 19.3. The molecule has 0 atom stereocenters. The molecule has 34 heavy (non-hydrogen) atoms. The first-order chi connectivity index (χ1) is 16.4. The van der Waals surface area contributed by atoms with Crippen molar-refractivity contribution in [2.45, 2.75) is 26.2 Å². The summed E-state index contributed by atoms with van der Waals surface area (Å²) in [5.41, 5.74) is 9.11. The van der Waals surface area contributed by atoms with Crippen molar-refractivity contribution in [2.75, 3.05) is 32.4 Å². The molecule has 0 saturated carbocycles. The number of nitrogen functional groups attached to an aromatic ring is 1. The molecule has 0 radical (unpaired) electrons. The normalized spacial score (nSPS) is 13.4. The molecule has 2 N–H and O–H groups in total. The number of pyridine rings is 1. The number of hydrogen-bond donors (Lipinski definition) is 1. The van der Waals surface area contributed by atoms with E-state index in [-0.39, 0.29) is 11.5 Å². The molecule has 0 bridgehead atoms. The minimum Gasteiger partial charge on any atom is -0.384 e. The Morgan fingerprint density at radius 2 is 1.97 bits per heavy atom. The highest BCUT2D eigenvalue weighted by Crippen LogP contribution is 2.33. The number of halogens is 1. The monoisotopic (exact) mass is 462 g/mol. The summed E-state index contributed by atoms with van der Waals surface area (Å²) in [6, 6.07) is 8.01. The number of benzene rings is 1. The van der Waals surface area contributed by atoms with Crippen molar-refractivity contribution in [3.05, 3.63) is 59.9 Å². The van der Waals surface area contributed by atoms with Crippen molar-refractivity contribution in [1.29, 1.82) is 0 Å². The predicted molar refractivity (Wildman–Crippen MR) is 127 cm³/mol. The first kappa shape index (κ1) is 23.3. The molecule has 1 fully saturated rings. The van der Waals surface area contributed by atoms with Crippen molar-refractivity contribution in [3.8, 4) is 22.4 Å². The van der Waals surface area contributed by atoms with Crippen LogP contribution >= 0.6 is 0 Å². The molecular weight excluding hydrogens is 435 g/mol. The molecule has 1 aliphatic heterocycles. The van der Waals surface area contributed by atoms with Crippen molar-refractivity contribution in [1.82, 2.24) is 24.8 Å². The molecule has 4 rings (SSSR count). The molecule has 1 aromatic carbocycles. The maximum Gasteiger partial charge on any atom is 0.256 e. The van der Waals surface area contributed by atoms with E-state index < -0.39 is 11.7 Å². The van der Waals surface area contributed by atoms with Crippen molar-refractivity contribution < 1.29 is 14.0 Å². The van der Waals surface area contributed by atoms with Crippen LogP contribution in [0.1, 0.15) is 35.8 Å². The molecule has 0 unspecified atom stereocenters. The summed E-state index contributed by atoms with van der Waals surface area (Å²) >= 11 is 0. The number of aromatic nitrogens is 3. The van der Waals surface area contributed by atoms with E-state index in [4.69, 9.17) is 5.73 Å². The zero-order valence-electron chi connectivity index (χ0n) is 19.3. The number of aryl methyl sites for hydroxylation is 1. The Morgan fingerprint density at radius 1 is 1.18 bits per heavy atom. The van der Waals surface area contributed by atoms with Crippen LogP contribution in [0.2, 0.25) is 0 Å². The van der Waals surface area contributed by atoms with Gasteiger partial charge in [0.1, 0.15) is 18.0 Å². The average Bonchev–Trinajstić information content (AvgIpc) is 3.26. The summed E-state index contributed by atoms with van der Waals surface area (Å²) in [4.78, 5) is 40.8. The highest BCUT2D eigenvalue weighted by atomic mass is 19.1. The van der Waals surface area contributed by atoms with Crippen LogP contribution in [0.5, 0.6) is 0 Å². The van der Waals surface area contributed by atoms with Gasteiger partial charge in [0.2, 0.25) is 5.91 Å². The minimum absolute atomic E-state index is 0.0283. The van der Waals surface area contributed by atoms with Crippen LogP contribution in [0.3, 0.4) is 0 Å². The standard InChI is InChI=1S/C25H27FN6O2/c1-3-20-23(17-7-9-21(27)28-14-17)24(30-15-29-20)16-6-8-18(19(26)13-16)25(34)31(2)11-12-32-10-4-5-22(32)33/h6-9,13-15H,3-5,10-12H2,1-2H3,(H2,27,28). The molecule has 2 amide bonds. The van der Waals surface area contributed by atoms with Gasteiger partial charge in [0.15, 0.2) is 0 Å². The lowest BCUT2D eigenvalue weighted by molar-refractivity contribution is -0.127. The molecule has 0 aliphatic carbocycles. The lowest BCUT2D eigenvalue weighted by Crippen LogP contribution is -2.37. The van der Waals surface area contributed by atoms with Crippen LogP contribution in [0.15, 0.2) is 42.9 Å². The van der Waals surface area contributed by atoms with Gasteiger partial charge in [0, 0.05) is 56.0 Å².